The molecule has 0 aromatic carbocycles. The summed E-state index contributed by atoms with van der Waals surface area (Å²) in [7, 11) is 0. The molecule has 16 heavy (non-hydrogen) atoms. The molecule has 0 aliphatic carbocycles. The standard InChI is InChI=1S/C12H21N3O/c1-12(2,3)15-6-4-14(5-7-15)9-11-8-13-16-10-11/h8,10H,4-7,9H2,1-3H3. The lowest BCUT2D eigenvalue weighted by Crippen LogP contribution is -2.53. The summed E-state index contributed by atoms with van der Waals surface area (Å²) in [6.45, 7) is 12.4. The summed E-state index contributed by atoms with van der Waals surface area (Å²) in [6, 6.07) is 0. The van der Waals surface area contributed by atoms with E-state index in [1.54, 1.807) is 12.5 Å². The van der Waals surface area contributed by atoms with Crippen LogP contribution < -0.4 is 0 Å². The van der Waals surface area contributed by atoms with Crippen LogP contribution in [0.15, 0.2) is 17.0 Å². The zero-order valence-corrected chi connectivity index (χ0v) is 10.4. The summed E-state index contributed by atoms with van der Waals surface area (Å²) in [5.74, 6) is 0. The van der Waals surface area contributed by atoms with Crippen LogP contribution in [-0.4, -0.2) is 46.7 Å². The Morgan fingerprint density at radius 2 is 1.94 bits per heavy atom. The minimum atomic E-state index is 0.295. The fourth-order valence-electron chi connectivity index (χ4n) is 2.14. The molecular formula is C12H21N3O. The zero-order valence-electron chi connectivity index (χ0n) is 10.4. The van der Waals surface area contributed by atoms with Crippen molar-refractivity contribution in [2.75, 3.05) is 26.2 Å². The molecule has 0 saturated carbocycles. The largest absolute Gasteiger partial charge is 0.364 e. The Labute approximate surface area is 97.2 Å². The van der Waals surface area contributed by atoms with Crippen LogP contribution in [0.2, 0.25) is 0 Å². The molecule has 0 radical (unpaired) electrons. The molecule has 1 saturated heterocycles. The minimum absolute atomic E-state index is 0.295. The van der Waals surface area contributed by atoms with Crippen LogP contribution in [0.25, 0.3) is 0 Å². The number of aromatic nitrogens is 1. The van der Waals surface area contributed by atoms with E-state index in [1.807, 2.05) is 0 Å². The van der Waals surface area contributed by atoms with Crippen LogP contribution in [0.4, 0.5) is 0 Å². The van der Waals surface area contributed by atoms with E-state index in [9.17, 15) is 0 Å². The van der Waals surface area contributed by atoms with Gasteiger partial charge in [0.1, 0.15) is 6.26 Å². The molecule has 4 heteroatoms. The van der Waals surface area contributed by atoms with Crippen molar-refractivity contribution >= 4 is 0 Å². The molecule has 0 atom stereocenters. The summed E-state index contributed by atoms with van der Waals surface area (Å²) < 4.78 is 4.84. The molecule has 1 aliphatic heterocycles. The molecule has 2 rings (SSSR count). The molecular weight excluding hydrogens is 202 g/mol. The number of hydrogen-bond donors (Lipinski definition) is 0. The Hall–Kier alpha value is -0.870. The van der Waals surface area contributed by atoms with Gasteiger partial charge in [0.2, 0.25) is 0 Å². The van der Waals surface area contributed by atoms with Crippen LogP contribution in [0.3, 0.4) is 0 Å². The van der Waals surface area contributed by atoms with Crippen LogP contribution in [0.5, 0.6) is 0 Å². The highest BCUT2D eigenvalue weighted by Gasteiger charge is 2.25. The second-order valence-corrected chi connectivity index (χ2v) is 5.47. The van der Waals surface area contributed by atoms with Crippen LogP contribution in [0.1, 0.15) is 26.3 Å². The fourth-order valence-corrected chi connectivity index (χ4v) is 2.14. The van der Waals surface area contributed by atoms with Gasteiger partial charge in [0.05, 0.1) is 6.20 Å². The summed E-state index contributed by atoms with van der Waals surface area (Å²) in [6.07, 6.45) is 3.53. The van der Waals surface area contributed by atoms with Gasteiger partial charge in [-0.25, -0.2) is 0 Å². The first-order chi connectivity index (χ1) is 7.55. The van der Waals surface area contributed by atoms with E-state index in [0.717, 1.165) is 32.7 Å². The highest BCUT2D eigenvalue weighted by atomic mass is 16.5. The second-order valence-electron chi connectivity index (χ2n) is 5.47. The Bertz CT molecular complexity index is 308. The number of rotatable bonds is 2. The first-order valence-corrected chi connectivity index (χ1v) is 5.91. The van der Waals surface area contributed by atoms with Gasteiger partial charge < -0.3 is 4.52 Å². The third-order valence-electron chi connectivity index (χ3n) is 3.21. The van der Waals surface area contributed by atoms with Gasteiger partial charge in [-0.1, -0.05) is 5.16 Å². The van der Waals surface area contributed by atoms with Gasteiger partial charge in [0.15, 0.2) is 0 Å². The molecule has 0 N–H and O–H groups in total. The lowest BCUT2D eigenvalue weighted by Gasteiger charge is -2.42. The quantitative estimate of drug-likeness (QED) is 0.762. The van der Waals surface area contributed by atoms with Crippen molar-refractivity contribution < 1.29 is 4.52 Å². The number of hydrogen-bond acceptors (Lipinski definition) is 4. The van der Waals surface area contributed by atoms with Crippen molar-refractivity contribution in [3.8, 4) is 0 Å². The molecule has 1 aromatic heterocycles. The molecule has 4 nitrogen and oxygen atoms in total. The predicted octanol–water partition coefficient (Wildman–Crippen LogP) is 1.59. The van der Waals surface area contributed by atoms with Crippen molar-refractivity contribution in [3.63, 3.8) is 0 Å². The van der Waals surface area contributed by atoms with Crippen molar-refractivity contribution in [2.24, 2.45) is 0 Å². The van der Waals surface area contributed by atoms with Crippen molar-refractivity contribution in [3.05, 3.63) is 18.0 Å². The van der Waals surface area contributed by atoms with Gasteiger partial charge in [0.25, 0.3) is 0 Å². The third kappa shape index (κ3) is 2.83. The monoisotopic (exact) mass is 223 g/mol. The average molecular weight is 223 g/mol. The van der Waals surface area contributed by atoms with Gasteiger partial charge in [-0.05, 0) is 20.8 Å². The maximum Gasteiger partial charge on any atom is 0.128 e. The zero-order chi connectivity index (χ0) is 11.6. The lowest BCUT2D eigenvalue weighted by atomic mass is 10.0. The Morgan fingerprint density at radius 3 is 2.44 bits per heavy atom. The van der Waals surface area contributed by atoms with Crippen molar-refractivity contribution in [1.82, 2.24) is 15.0 Å². The first kappa shape index (κ1) is 11.6. The van der Waals surface area contributed by atoms with E-state index in [1.165, 1.54) is 5.56 Å². The smallest absolute Gasteiger partial charge is 0.128 e. The van der Waals surface area contributed by atoms with E-state index in [2.05, 4.69) is 35.7 Å². The Morgan fingerprint density at radius 1 is 1.25 bits per heavy atom. The summed E-state index contributed by atoms with van der Waals surface area (Å²) in [5, 5.41) is 3.73. The van der Waals surface area contributed by atoms with E-state index < -0.39 is 0 Å². The van der Waals surface area contributed by atoms with Crippen LogP contribution >= 0.6 is 0 Å². The summed E-state index contributed by atoms with van der Waals surface area (Å²) in [5.41, 5.74) is 1.47. The van der Waals surface area contributed by atoms with Crippen molar-refractivity contribution in [1.29, 1.82) is 0 Å². The topological polar surface area (TPSA) is 32.5 Å². The first-order valence-electron chi connectivity index (χ1n) is 5.91. The molecule has 1 aromatic rings. The fraction of sp³-hybridized carbons (Fsp3) is 0.750. The molecule has 0 bridgehead atoms. The lowest BCUT2D eigenvalue weighted by molar-refractivity contribution is 0.0590. The van der Waals surface area contributed by atoms with Gasteiger partial charge in [0, 0.05) is 43.8 Å². The normalized spacial score (nSPS) is 20.2. The maximum atomic E-state index is 4.84. The number of nitrogens with zero attached hydrogens (tertiary/aromatic N) is 3. The van der Waals surface area contributed by atoms with Gasteiger partial charge in [-0.15, -0.1) is 0 Å². The minimum Gasteiger partial charge on any atom is -0.364 e. The van der Waals surface area contributed by atoms with E-state index in [0.29, 0.717) is 5.54 Å². The van der Waals surface area contributed by atoms with Crippen LogP contribution in [-0.2, 0) is 6.54 Å². The highest BCUT2D eigenvalue weighted by Crippen LogP contribution is 2.16. The average Bonchev–Trinajstić information content (AvgIpc) is 2.70. The van der Waals surface area contributed by atoms with Crippen molar-refractivity contribution in [2.45, 2.75) is 32.9 Å². The molecule has 0 unspecified atom stereocenters. The molecule has 0 spiro atoms. The Kier molecular flexibility index (Phi) is 3.30. The molecule has 1 fully saturated rings. The van der Waals surface area contributed by atoms with E-state index in [-0.39, 0.29) is 0 Å². The summed E-state index contributed by atoms with van der Waals surface area (Å²) in [4.78, 5) is 4.99. The van der Waals surface area contributed by atoms with E-state index >= 15 is 0 Å². The molecule has 0 amide bonds. The highest BCUT2D eigenvalue weighted by molar-refractivity contribution is 5.00. The van der Waals surface area contributed by atoms with Crippen LogP contribution in [0, 0.1) is 0 Å². The predicted molar refractivity (Wildman–Crippen MR) is 63.1 cm³/mol. The second kappa shape index (κ2) is 4.55. The summed E-state index contributed by atoms with van der Waals surface area (Å²) >= 11 is 0. The van der Waals surface area contributed by atoms with E-state index in [4.69, 9.17) is 4.52 Å². The Balaban J connectivity index is 1.82. The molecule has 90 valence electrons. The van der Waals surface area contributed by atoms with Gasteiger partial charge in [-0.3, -0.25) is 9.80 Å². The van der Waals surface area contributed by atoms with Gasteiger partial charge >= 0.3 is 0 Å². The SMILES string of the molecule is CC(C)(C)N1CCN(Cc2cnoc2)CC1. The molecule has 1 aliphatic rings. The molecule has 2 heterocycles. The third-order valence-corrected chi connectivity index (χ3v) is 3.21. The maximum absolute atomic E-state index is 4.84. The number of piperazine rings is 1. The van der Waals surface area contributed by atoms with Gasteiger partial charge in [-0.2, -0.15) is 0 Å².